The van der Waals surface area contributed by atoms with Crippen molar-refractivity contribution in [1.82, 2.24) is 0 Å². The second-order valence-electron chi connectivity index (χ2n) is 4.71. The fourth-order valence-electron chi connectivity index (χ4n) is 2.39. The van der Waals surface area contributed by atoms with Crippen LogP contribution in [0.4, 0.5) is 0 Å². The molecule has 0 aliphatic carbocycles. The Hall–Kier alpha value is -0.160. The molecule has 0 saturated carbocycles. The van der Waals surface area contributed by atoms with Crippen LogP contribution in [0, 0.1) is 0 Å². The molecule has 0 aromatic rings. The van der Waals surface area contributed by atoms with Crippen molar-refractivity contribution in [3.63, 3.8) is 0 Å². The number of hydrogen-bond donors (Lipinski definition) is 1. The van der Waals surface area contributed by atoms with Gasteiger partial charge in [0.05, 0.1) is 32.0 Å². The van der Waals surface area contributed by atoms with Gasteiger partial charge in [-0.15, -0.1) is 0 Å². The standard InChI is InChI=1S/C12H23NO3/c13-11(12-9-14-7-8-16-12)5-1-3-10-4-2-6-15-10/h10-12H,1-9,13H2. The van der Waals surface area contributed by atoms with Gasteiger partial charge in [0.15, 0.2) is 0 Å². The maximum Gasteiger partial charge on any atom is 0.0959 e. The van der Waals surface area contributed by atoms with E-state index in [4.69, 9.17) is 19.9 Å². The summed E-state index contributed by atoms with van der Waals surface area (Å²) in [6.07, 6.45) is 6.30. The van der Waals surface area contributed by atoms with Crippen molar-refractivity contribution in [3.8, 4) is 0 Å². The van der Waals surface area contributed by atoms with Gasteiger partial charge in [0.1, 0.15) is 0 Å². The van der Waals surface area contributed by atoms with Crippen LogP contribution in [0.5, 0.6) is 0 Å². The maximum absolute atomic E-state index is 6.09. The van der Waals surface area contributed by atoms with E-state index < -0.39 is 0 Å². The summed E-state index contributed by atoms with van der Waals surface area (Å²) in [6.45, 7) is 2.99. The topological polar surface area (TPSA) is 53.7 Å². The fraction of sp³-hybridized carbons (Fsp3) is 1.00. The average molecular weight is 229 g/mol. The van der Waals surface area contributed by atoms with E-state index in [1.54, 1.807) is 0 Å². The fourth-order valence-corrected chi connectivity index (χ4v) is 2.39. The lowest BCUT2D eigenvalue weighted by atomic mass is 10.0. The second-order valence-corrected chi connectivity index (χ2v) is 4.71. The summed E-state index contributed by atoms with van der Waals surface area (Å²) in [5.41, 5.74) is 6.09. The average Bonchev–Trinajstić information content (AvgIpc) is 2.83. The Morgan fingerprint density at radius 1 is 1.19 bits per heavy atom. The van der Waals surface area contributed by atoms with Crippen LogP contribution in [0.3, 0.4) is 0 Å². The first-order chi connectivity index (χ1) is 7.86. The first kappa shape index (κ1) is 12.3. The maximum atomic E-state index is 6.09. The molecule has 0 radical (unpaired) electrons. The largest absolute Gasteiger partial charge is 0.378 e. The third kappa shape index (κ3) is 3.70. The molecule has 2 rings (SSSR count). The molecule has 2 heterocycles. The summed E-state index contributed by atoms with van der Waals surface area (Å²) in [5, 5.41) is 0. The van der Waals surface area contributed by atoms with Gasteiger partial charge in [-0.05, 0) is 32.1 Å². The van der Waals surface area contributed by atoms with Crippen molar-refractivity contribution in [1.29, 1.82) is 0 Å². The predicted molar refractivity (Wildman–Crippen MR) is 61.4 cm³/mol. The third-order valence-electron chi connectivity index (χ3n) is 3.41. The monoisotopic (exact) mass is 229 g/mol. The van der Waals surface area contributed by atoms with Crippen molar-refractivity contribution >= 4 is 0 Å². The molecule has 3 atom stereocenters. The molecule has 0 amide bonds. The van der Waals surface area contributed by atoms with E-state index >= 15 is 0 Å². The van der Waals surface area contributed by atoms with E-state index in [0.29, 0.717) is 25.9 Å². The summed E-state index contributed by atoms with van der Waals surface area (Å²) >= 11 is 0. The summed E-state index contributed by atoms with van der Waals surface area (Å²) in [4.78, 5) is 0. The molecule has 3 unspecified atom stereocenters. The minimum absolute atomic E-state index is 0.0956. The van der Waals surface area contributed by atoms with Gasteiger partial charge in [0, 0.05) is 12.6 Å². The Bertz CT molecular complexity index is 189. The highest BCUT2D eigenvalue weighted by Crippen LogP contribution is 2.19. The van der Waals surface area contributed by atoms with Gasteiger partial charge < -0.3 is 19.9 Å². The zero-order valence-electron chi connectivity index (χ0n) is 9.90. The summed E-state index contributed by atoms with van der Waals surface area (Å²) in [6, 6.07) is 0.113. The van der Waals surface area contributed by atoms with E-state index in [-0.39, 0.29) is 12.1 Å². The minimum Gasteiger partial charge on any atom is -0.378 e. The smallest absolute Gasteiger partial charge is 0.0959 e. The molecule has 4 heteroatoms. The number of nitrogens with two attached hydrogens (primary N) is 1. The van der Waals surface area contributed by atoms with Crippen LogP contribution in [0.25, 0.3) is 0 Å². The lowest BCUT2D eigenvalue weighted by Gasteiger charge is -2.28. The molecule has 0 spiro atoms. The predicted octanol–water partition coefficient (Wildman–Crippen LogP) is 1.08. The van der Waals surface area contributed by atoms with E-state index in [9.17, 15) is 0 Å². The van der Waals surface area contributed by atoms with Crippen molar-refractivity contribution in [2.75, 3.05) is 26.4 Å². The lowest BCUT2D eigenvalue weighted by molar-refractivity contribution is -0.0979. The molecule has 0 bridgehead atoms. The summed E-state index contributed by atoms with van der Waals surface area (Å²) < 4.78 is 16.5. The molecule has 0 aromatic carbocycles. The Morgan fingerprint density at radius 2 is 2.12 bits per heavy atom. The molecular formula is C12H23NO3. The highest BCUT2D eigenvalue weighted by Gasteiger charge is 2.22. The number of ether oxygens (including phenoxy) is 3. The van der Waals surface area contributed by atoms with E-state index in [0.717, 1.165) is 25.9 Å². The Morgan fingerprint density at radius 3 is 2.81 bits per heavy atom. The first-order valence-electron chi connectivity index (χ1n) is 6.43. The van der Waals surface area contributed by atoms with Crippen molar-refractivity contribution in [2.45, 2.75) is 50.4 Å². The highest BCUT2D eigenvalue weighted by molar-refractivity contribution is 4.76. The normalized spacial score (nSPS) is 32.8. The Labute approximate surface area is 97.4 Å². The number of hydrogen-bond acceptors (Lipinski definition) is 4. The van der Waals surface area contributed by atoms with Crippen molar-refractivity contribution in [3.05, 3.63) is 0 Å². The SMILES string of the molecule is NC(CCCC1CCCO1)C1COCCO1. The van der Waals surface area contributed by atoms with Crippen molar-refractivity contribution in [2.24, 2.45) is 5.73 Å². The molecule has 2 saturated heterocycles. The molecule has 94 valence electrons. The molecule has 2 aliphatic heterocycles. The van der Waals surface area contributed by atoms with Crippen LogP contribution in [0.2, 0.25) is 0 Å². The van der Waals surface area contributed by atoms with Gasteiger partial charge in [-0.25, -0.2) is 0 Å². The summed E-state index contributed by atoms with van der Waals surface area (Å²) in [5.74, 6) is 0. The lowest BCUT2D eigenvalue weighted by Crippen LogP contribution is -2.43. The Kier molecular flexibility index (Phi) is 5.03. The van der Waals surface area contributed by atoms with E-state index in [2.05, 4.69) is 0 Å². The quantitative estimate of drug-likeness (QED) is 0.766. The van der Waals surface area contributed by atoms with Gasteiger partial charge in [0.2, 0.25) is 0 Å². The molecular weight excluding hydrogens is 206 g/mol. The van der Waals surface area contributed by atoms with Crippen LogP contribution in [0.15, 0.2) is 0 Å². The van der Waals surface area contributed by atoms with E-state index in [1.165, 1.54) is 12.8 Å². The van der Waals surface area contributed by atoms with E-state index in [1.807, 2.05) is 0 Å². The van der Waals surface area contributed by atoms with Gasteiger partial charge in [-0.2, -0.15) is 0 Å². The molecule has 2 fully saturated rings. The highest BCUT2D eigenvalue weighted by atomic mass is 16.6. The zero-order chi connectivity index (χ0) is 11.2. The molecule has 16 heavy (non-hydrogen) atoms. The Balaban J connectivity index is 1.57. The van der Waals surface area contributed by atoms with Gasteiger partial charge >= 0.3 is 0 Å². The number of rotatable bonds is 5. The molecule has 2 aliphatic rings. The first-order valence-corrected chi connectivity index (χ1v) is 6.43. The van der Waals surface area contributed by atoms with Crippen LogP contribution in [-0.4, -0.2) is 44.7 Å². The van der Waals surface area contributed by atoms with Gasteiger partial charge in [-0.3, -0.25) is 0 Å². The summed E-state index contributed by atoms with van der Waals surface area (Å²) in [7, 11) is 0. The van der Waals surface area contributed by atoms with Gasteiger partial charge in [0.25, 0.3) is 0 Å². The van der Waals surface area contributed by atoms with Crippen LogP contribution in [-0.2, 0) is 14.2 Å². The van der Waals surface area contributed by atoms with Gasteiger partial charge in [-0.1, -0.05) is 0 Å². The van der Waals surface area contributed by atoms with Crippen molar-refractivity contribution < 1.29 is 14.2 Å². The molecule has 2 N–H and O–H groups in total. The zero-order valence-corrected chi connectivity index (χ0v) is 9.90. The molecule has 0 aromatic heterocycles. The van der Waals surface area contributed by atoms with Crippen LogP contribution >= 0.6 is 0 Å². The molecule has 4 nitrogen and oxygen atoms in total. The third-order valence-corrected chi connectivity index (χ3v) is 3.41. The van der Waals surface area contributed by atoms with Crippen LogP contribution in [0.1, 0.15) is 32.1 Å². The second kappa shape index (κ2) is 6.55. The minimum atomic E-state index is 0.0956. The van der Waals surface area contributed by atoms with Crippen LogP contribution < -0.4 is 5.73 Å².